The number of hydrogen-bond donors (Lipinski definition) is 1. The molecular weight excluding hydrogens is 360 g/mol. The van der Waals surface area contributed by atoms with E-state index in [0.29, 0.717) is 18.0 Å². The molecule has 0 aliphatic rings. The van der Waals surface area contributed by atoms with Crippen LogP contribution >= 0.6 is 11.3 Å². The number of ether oxygens (including phenoxy) is 1. The zero-order valence-electron chi connectivity index (χ0n) is 15.6. The summed E-state index contributed by atoms with van der Waals surface area (Å²) in [4.78, 5) is 16.1. The van der Waals surface area contributed by atoms with Gasteiger partial charge in [0.05, 0.1) is 0 Å². The van der Waals surface area contributed by atoms with Gasteiger partial charge in [-0.15, -0.1) is 10.2 Å². The van der Waals surface area contributed by atoms with E-state index >= 15 is 0 Å². The van der Waals surface area contributed by atoms with Crippen molar-refractivity contribution in [2.45, 2.75) is 39.7 Å². The highest BCUT2D eigenvalue weighted by atomic mass is 32.1. The van der Waals surface area contributed by atoms with Crippen molar-refractivity contribution in [3.8, 4) is 5.75 Å². The molecule has 2 heterocycles. The summed E-state index contributed by atoms with van der Waals surface area (Å²) in [6.45, 7) is 6.01. The number of carbonyl (C=O) groups is 1. The fraction of sp³-hybridized carbons (Fsp3) is 0.300. The molecule has 0 aliphatic heterocycles. The average molecular weight is 382 g/mol. The lowest BCUT2D eigenvalue weighted by molar-refractivity contribution is -0.116. The molecule has 0 saturated heterocycles. The lowest BCUT2D eigenvalue weighted by atomic mass is 10.1. The Bertz CT molecular complexity index is 911. The standard InChI is InChI=1S/C20H22N4O2S/c1-13-5-4-6-17(14(13)2)26-15(3)19-23-24-20(27-19)22-18(25)8-7-16-9-11-21-12-10-16/h4-6,9-12,15H,7-8H2,1-3H3,(H,22,24,25)/t15-/m1/s1. The van der Waals surface area contributed by atoms with E-state index in [1.165, 1.54) is 16.9 Å². The van der Waals surface area contributed by atoms with Crippen LogP contribution in [0.4, 0.5) is 5.13 Å². The molecule has 27 heavy (non-hydrogen) atoms. The van der Waals surface area contributed by atoms with E-state index in [0.717, 1.165) is 21.9 Å². The van der Waals surface area contributed by atoms with Crippen molar-refractivity contribution in [2.24, 2.45) is 0 Å². The monoisotopic (exact) mass is 382 g/mol. The predicted molar refractivity (Wildman–Crippen MR) is 106 cm³/mol. The molecule has 1 amide bonds. The first kappa shape index (κ1) is 19.0. The van der Waals surface area contributed by atoms with E-state index in [4.69, 9.17) is 4.74 Å². The Hall–Kier alpha value is -2.80. The summed E-state index contributed by atoms with van der Waals surface area (Å²) in [5, 5.41) is 12.2. The van der Waals surface area contributed by atoms with Crippen molar-refractivity contribution < 1.29 is 9.53 Å². The second kappa shape index (κ2) is 8.73. The van der Waals surface area contributed by atoms with Gasteiger partial charge in [0.25, 0.3) is 0 Å². The van der Waals surface area contributed by atoms with Crippen LogP contribution in [0.1, 0.15) is 41.1 Å². The molecule has 1 atom stereocenters. The van der Waals surface area contributed by atoms with Gasteiger partial charge in [0.1, 0.15) is 11.9 Å². The summed E-state index contributed by atoms with van der Waals surface area (Å²) in [5.74, 6) is 0.748. The smallest absolute Gasteiger partial charge is 0.226 e. The van der Waals surface area contributed by atoms with Gasteiger partial charge >= 0.3 is 0 Å². The molecule has 0 fully saturated rings. The van der Waals surface area contributed by atoms with E-state index in [2.05, 4.69) is 33.5 Å². The van der Waals surface area contributed by atoms with Crippen molar-refractivity contribution in [3.63, 3.8) is 0 Å². The third-order valence-electron chi connectivity index (χ3n) is 4.28. The molecule has 6 nitrogen and oxygen atoms in total. The molecule has 7 heteroatoms. The maximum Gasteiger partial charge on any atom is 0.226 e. The summed E-state index contributed by atoms with van der Waals surface area (Å²) in [5.41, 5.74) is 3.37. The minimum Gasteiger partial charge on any atom is -0.483 e. The number of anilines is 1. The molecule has 3 aromatic rings. The molecule has 0 bridgehead atoms. The van der Waals surface area contributed by atoms with Crippen LogP contribution < -0.4 is 10.1 Å². The van der Waals surface area contributed by atoms with Gasteiger partial charge in [-0.1, -0.05) is 23.5 Å². The normalized spacial score (nSPS) is 11.8. The van der Waals surface area contributed by atoms with Crippen LogP contribution in [0.15, 0.2) is 42.7 Å². The summed E-state index contributed by atoms with van der Waals surface area (Å²) >= 11 is 1.33. The number of nitrogens with one attached hydrogen (secondary N) is 1. The Morgan fingerprint density at radius 3 is 2.74 bits per heavy atom. The van der Waals surface area contributed by atoms with Crippen molar-refractivity contribution in [3.05, 3.63) is 64.4 Å². The number of amides is 1. The largest absolute Gasteiger partial charge is 0.483 e. The molecule has 140 valence electrons. The summed E-state index contributed by atoms with van der Waals surface area (Å²) in [7, 11) is 0. The van der Waals surface area contributed by atoms with Crippen molar-refractivity contribution in [2.75, 3.05) is 5.32 Å². The van der Waals surface area contributed by atoms with Crippen LogP contribution in [-0.2, 0) is 11.2 Å². The van der Waals surface area contributed by atoms with Crippen molar-refractivity contribution in [1.29, 1.82) is 0 Å². The summed E-state index contributed by atoms with van der Waals surface area (Å²) in [6, 6.07) is 9.78. The SMILES string of the molecule is Cc1cccc(O[C@H](C)c2nnc(NC(=O)CCc3ccncc3)s2)c1C. The molecule has 0 radical (unpaired) electrons. The number of aromatic nitrogens is 3. The van der Waals surface area contributed by atoms with E-state index in [9.17, 15) is 4.79 Å². The molecule has 0 spiro atoms. The highest BCUT2D eigenvalue weighted by Crippen LogP contribution is 2.29. The Kier molecular flexibility index (Phi) is 6.13. The van der Waals surface area contributed by atoms with Crippen molar-refractivity contribution in [1.82, 2.24) is 15.2 Å². The third-order valence-corrected chi connectivity index (χ3v) is 5.28. The molecule has 2 aromatic heterocycles. The predicted octanol–water partition coefficient (Wildman–Crippen LogP) is 4.26. The fourth-order valence-corrected chi connectivity index (χ4v) is 3.27. The van der Waals surface area contributed by atoms with E-state index in [1.54, 1.807) is 12.4 Å². The minimum atomic E-state index is -0.245. The topological polar surface area (TPSA) is 77.0 Å². The van der Waals surface area contributed by atoms with Gasteiger partial charge in [-0.25, -0.2) is 0 Å². The number of benzene rings is 1. The highest BCUT2D eigenvalue weighted by molar-refractivity contribution is 7.15. The summed E-state index contributed by atoms with van der Waals surface area (Å²) < 4.78 is 6.02. The average Bonchev–Trinajstić information content (AvgIpc) is 3.13. The number of pyridine rings is 1. The number of nitrogens with zero attached hydrogens (tertiary/aromatic N) is 3. The molecule has 0 saturated carbocycles. The molecule has 3 rings (SSSR count). The Labute approximate surface area is 162 Å². The van der Waals surface area contributed by atoms with Gasteiger partial charge in [0, 0.05) is 18.8 Å². The second-order valence-corrected chi connectivity index (χ2v) is 7.32. The van der Waals surface area contributed by atoms with Gasteiger partial charge in [0.15, 0.2) is 5.01 Å². The summed E-state index contributed by atoms with van der Waals surface area (Å²) in [6.07, 6.45) is 4.24. The Morgan fingerprint density at radius 1 is 1.19 bits per heavy atom. The van der Waals surface area contributed by atoms with E-state index in [-0.39, 0.29) is 12.0 Å². The van der Waals surface area contributed by atoms with Crippen molar-refractivity contribution >= 4 is 22.4 Å². The minimum absolute atomic E-state index is 0.0855. The zero-order valence-corrected chi connectivity index (χ0v) is 16.4. The third kappa shape index (κ3) is 5.10. The number of carbonyl (C=O) groups excluding carboxylic acids is 1. The van der Waals surface area contributed by atoms with E-state index in [1.807, 2.05) is 38.1 Å². The zero-order chi connectivity index (χ0) is 19.2. The first-order valence-corrected chi connectivity index (χ1v) is 9.59. The van der Waals surface area contributed by atoms with Gasteiger partial charge in [-0.05, 0) is 62.1 Å². The fourth-order valence-electron chi connectivity index (χ4n) is 2.53. The first-order chi connectivity index (χ1) is 13.0. The van der Waals surface area contributed by atoms with Crippen LogP contribution in [-0.4, -0.2) is 21.1 Å². The van der Waals surface area contributed by atoms with E-state index < -0.39 is 0 Å². The Balaban J connectivity index is 1.55. The van der Waals surface area contributed by atoms with Gasteiger partial charge in [0.2, 0.25) is 11.0 Å². The van der Waals surface area contributed by atoms with Gasteiger partial charge in [-0.2, -0.15) is 0 Å². The first-order valence-electron chi connectivity index (χ1n) is 8.78. The van der Waals surface area contributed by atoms with Gasteiger partial charge in [-0.3, -0.25) is 9.78 Å². The lowest BCUT2D eigenvalue weighted by Gasteiger charge is -2.14. The molecular formula is C20H22N4O2S. The number of rotatable bonds is 7. The molecule has 0 unspecified atom stereocenters. The maximum absolute atomic E-state index is 12.1. The van der Waals surface area contributed by atoms with Gasteiger partial charge < -0.3 is 10.1 Å². The highest BCUT2D eigenvalue weighted by Gasteiger charge is 2.16. The van der Waals surface area contributed by atoms with Crippen LogP contribution in [0, 0.1) is 13.8 Å². The van der Waals surface area contributed by atoms with Crippen LogP contribution in [0.25, 0.3) is 0 Å². The van der Waals surface area contributed by atoms with Crippen LogP contribution in [0.5, 0.6) is 5.75 Å². The lowest BCUT2D eigenvalue weighted by Crippen LogP contribution is -2.12. The quantitative estimate of drug-likeness (QED) is 0.661. The van der Waals surface area contributed by atoms with Crippen LogP contribution in [0.2, 0.25) is 0 Å². The Morgan fingerprint density at radius 2 is 1.96 bits per heavy atom. The maximum atomic E-state index is 12.1. The number of aryl methyl sites for hydroxylation is 2. The second-order valence-electron chi connectivity index (χ2n) is 6.31. The molecule has 0 aliphatic carbocycles. The van der Waals surface area contributed by atoms with Crippen LogP contribution in [0.3, 0.4) is 0 Å². The molecule has 1 N–H and O–H groups in total. The molecule has 1 aromatic carbocycles. The number of hydrogen-bond acceptors (Lipinski definition) is 6.